The zero-order chi connectivity index (χ0) is 20.1. The summed E-state index contributed by atoms with van der Waals surface area (Å²) in [5.74, 6) is -1.07. The number of nitrogens with zero attached hydrogens (tertiary/aromatic N) is 2. The summed E-state index contributed by atoms with van der Waals surface area (Å²) in [5, 5.41) is 20.4. The minimum atomic E-state index is -1.12. The van der Waals surface area contributed by atoms with Gasteiger partial charge in [-0.1, -0.05) is 26.0 Å². The average Bonchev–Trinajstić information content (AvgIpc) is 2.48. The van der Waals surface area contributed by atoms with E-state index in [2.05, 4.69) is 0 Å². The van der Waals surface area contributed by atoms with Gasteiger partial charge in [0.15, 0.2) is 0 Å². The number of aliphatic carboxylic acids is 1. The topological polar surface area (TPSA) is 110 Å². The number of rotatable bonds is 7. The van der Waals surface area contributed by atoms with Crippen LogP contribution in [-0.4, -0.2) is 38.6 Å². The Labute approximate surface area is 152 Å². The molecule has 1 unspecified atom stereocenters. The van der Waals surface area contributed by atoms with Crippen molar-refractivity contribution in [1.82, 2.24) is 4.90 Å². The largest absolute Gasteiger partial charge is 0.480 e. The molecule has 1 aromatic rings. The third-order valence-electron chi connectivity index (χ3n) is 3.48. The summed E-state index contributed by atoms with van der Waals surface area (Å²) >= 11 is 0. The van der Waals surface area contributed by atoms with Crippen LogP contribution in [0.4, 0.5) is 10.5 Å². The van der Waals surface area contributed by atoms with Crippen LogP contribution < -0.4 is 0 Å². The van der Waals surface area contributed by atoms with Gasteiger partial charge in [0.25, 0.3) is 5.69 Å². The van der Waals surface area contributed by atoms with Gasteiger partial charge in [-0.2, -0.15) is 0 Å². The standard InChI is InChI=1S/C18H26N2O6/c1-12(2)10-15(16(21)22)19(17(23)26-18(3,4)5)11-13-6-8-14(9-7-13)20(24)25/h6-9,12,15H,10-11H2,1-5H3,(H,21,22). The van der Waals surface area contributed by atoms with Crippen LogP contribution in [0.3, 0.4) is 0 Å². The van der Waals surface area contributed by atoms with Crippen molar-refractivity contribution in [1.29, 1.82) is 0 Å². The lowest BCUT2D eigenvalue weighted by Gasteiger charge is -2.32. The molecule has 26 heavy (non-hydrogen) atoms. The first-order chi connectivity index (χ1) is 11.9. The molecule has 8 nitrogen and oxygen atoms in total. The molecule has 0 aliphatic heterocycles. The van der Waals surface area contributed by atoms with Crippen LogP contribution in [0, 0.1) is 16.0 Å². The minimum Gasteiger partial charge on any atom is -0.480 e. The highest BCUT2D eigenvalue weighted by Crippen LogP contribution is 2.21. The van der Waals surface area contributed by atoms with Gasteiger partial charge in [-0.25, -0.2) is 9.59 Å². The fraction of sp³-hybridized carbons (Fsp3) is 0.556. The summed E-state index contributed by atoms with van der Waals surface area (Å²) in [6, 6.07) is 4.59. The van der Waals surface area contributed by atoms with Crippen LogP contribution in [0.15, 0.2) is 24.3 Å². The number of ether oxygens (including phenoxy) is 1. The molecule has 0 saturated carbocycles. The van der Waals surface area contributed by atoms with Gasteiger partial charge in [0.1, 0.15) is 11.6 Å². The van der Waals surface area contributed by atoms with Crippen molar-refractivity contribution < 1.29 is 24.4 Å². The smallest absolute Gasteiger partial charge is 0.411 e. The van der Waals surface area contributed by atoms with Gasteiger partial charge in [-0.3, -0.25) is 15.0 Å². The van der Waals surface area contributed by atoms with Gasteiger partial charge in [-0.15, -0.1) is 0 Å². The molecule has 0 saturated heterocycles. The van der Waals surface area contributed by atoms with Crippen LogP contribution in [0.5, 0.6) is 0 Å². The Balaban J connectivity index is 3.14. The highest BCUT2D eigenvalue weighted by Gasteiger charge is 2.33. The lowest BCUT2D eigenvalue weighted by atomic mass is 10.0. The Morgan fingerprint density at radius 2 is 1.77 bits per heavy atom. The Bertz CT molecular complexity index is 649. The number of benzene rings is 1. The Kier molecular flexibility index (Phi) is 7.11. The van der Waals surface area contributed by atoms with Crippen molar-refractivity contribution in [2.24, 2.45) is 5.92 Å². The molecule has 1 amide bonds. The number of nitro benzene ring substituents is 1. The van der Waals surface area contributed by atoms with Crippen LogP contribution in [0.2, 0.25) is 0 Å². The monoisotopic (exact) mass is 366 g/mol. The molecule has 1 rings (SSSR count). The molecule has 0 aliphatic rings. The molecule has 1 N–H and O–H groups in total. The summed E-state index contributed by atoms with van der Waals surface area (Å²) in [6.45, 7) is 8.83. The molecular formula is C18H26N2O6. The van der Waals surface area contributed by atoms with Gasteiger partial charge in [-0.05, 0) is 38.7 Å². The number of amides is 1. The molecule has 1 aromatic carbocycles. The molecule has 1 atom stereocenters. The van der Waals surface area contributed by atoms with Gasteiger partial charge < -0.3 is 9.84 Å². The lowest BCUT2D eigenvalue weighted by Crippen LogP contribution is -2.47. The first kappa shape index (κ1) is 21.4. The van der Waals surface area contributed by atoms with Crippen molar-refractivity contribution in [2.75, 3.05) is 0 Å². The summed E-state index contributed by atoms with van der Waals surface area (Å²) in [7, 11) is 0. The predicted molar refractivity (Wildman–Crippen MR) is 95.8 cm³/mol. The van der Waals surface area contributed by atoms with Crippen LogP contribution in [-0.2, 0) is 16.1 Å². The van der Waals surface area contributed by atoms with Crippen LogP contribution in [0.25, 0.3) is 0 Å². The number of carbonyl (C=O) groups excluding carboxylic acids is 1. The van der Waals surface area contributed by atoms with Crippen molar-refractivity contribution in [3.05, 3.63) is 39.9 Å². The molecule has 0 heterocycles. The second-order valence-electron chi connectivity index (χ2n) is 7.52. The quantitative estimate of drug-likeness (QED) is 0.580. The van der Waals surface area contributed by atoms with E-state index in [1.165, 1.54) is 24.3 Å². The highest BCUT2D eigenvalue weighted by atomic mass is 16.6. The molecule has 0 bridgehead atoms. The van der Waals surface area contributed by atoms with Crippen molar-refractivity contribution >= 4 is 17.7 Å². The van der Waals surface area contributed by atoms with Crippen LogP contribution in [0.1, 0.15) is 46.6 Å². The number of carboxylic acid groups (broad SMARTS) is 1. The van der Waals surface area contributed by atoms with Gasteiger partial charge >= 0.3 is 12.1 Å². The molecule has 144 valence electrons. The maximum atomic E-state index is 12.6. The number of hydrogen-bond donors (Lipinski definition) is 1. The lowest BCUT2D eigenvalue weighted by molar-refractivity contribution is -0.384. The van der Waals surface area contributed by atoms with E-state index in [9.17, 15) is 24.8 Å². The number of carboxylic acids is 1. The first-order valence-corrected chi connectivity index (χ1v) is 8.36. The van der Waals surface area contributed by atoms with Crippen molar-refractivity contribution in [3.63, 3.8) is 0 Å². The Hall–Kier alpha value is -2.64. The van der Waals surface area contributed by atoms with Gasteiger partial charge in [0, 0.05) is 18.7 Å². The van der Waals surface area contributed by atoms with E-state index in [0.717, 1.165) is 4.90 Å². The third-order valence-corrected chi connectivity index (χ3v) is 3.48. The molecule has 0 radical (unpaired) electrons. The maximum absolute atomic E-state index is 12.6. The van der Waals surface area contributed by atoms with E-state index >= 15 is 0 Å². The number of non-ortho nitro benzene ring substituents is 1. The van der Waals surface area contributed by atoms with Gasteiger partial charge in [0.2, 0.25) is 0 Å². The zero-order valence-electron chi connectivity index (χ0n) is 15.8. The van der Waals surface area contributed by atoms with Crippen molar-refractivity contribution in [3.8, 4) is 0 Å². The number of carbonyl (C=O) groups is 2. The Morgan fingerprint density at radius 1 is 1.23 bits per heavy atom. The maximum Gasteiger partial charge on any atom is 0.411 e. The molecule has 0 spiro atoms. The Morgan fingerprint density at radius 3 is 2.15 bits per heavy atom. The summed E-state index contributed by atoms with van der Waals surface area (Å²) in [4.78, 5) is 35.7. The molecule has 0 aliphatic carbocycles. The predicted octanol–water partition coefficient (Wildman–Crippen LogP) is 3.83. The second-order valence-corrected chi connectivity index (χ2v) is 7.52. The van der Waals surface area contributed by atoms with Crippen molar-refractivity contribution in [2.45, 2.75) is 59.2 Å². The summed E-state index contributed by atoms with van der Waals surface area (Å²) in [5.41, 5.74) is -0.267. The molecule has 0 fully saturated rings. The normalized spacial score (nSPS) is 12.5. The third kappa shape index (κ3) is 6.70. The van der Waals surface area contributed by atoms with Gasteiger partial charge in [0.05, 0.1) is 4.92 Å². The molecule has 8 heteroatoms. The summed E-state index contributed by atoms with van der Waals surface area (Å²) < 4.78 is 5.36. The second kappa shape index (κ2) is 8.64. The zero-order valence-corrected chi connectivity index (χ0v) is 15.8. The number of hydrogen-bond acceptors (Lipinski definition) is 5. The first-order valence-electron chi connectivity index (χ1n) is 8.36. The molecule has 0 aromatic heterocycles. The van der Waals surface area contributed by atoms with E-state index in [1.807, 2.05) is 13.8 Å². The fourth-order valence-corrected chi connectivity index (χ4v) is 2.35. The fourth-order valence-electron chi connectivity index (χ4n) is 2.35. The SMILES string of the molecule is CC(C)CC(C(=O)O)N(Cc1ccc([N+](=O)[O-])cc1)C(=O)OC(C)(C)C. The van der Waals surface area contributed by atoms with E-state index < -0.39 is 28.6 Å². The highest BCUT2D eigenvalue weighted by molar-refractivity contribution is 5.80. The minimum absolute atomic E-state index is 0.0173. The number of nitro groups is 1. The average molecular weight is 366 g/mol. The van der Waals surface area contributed by atoms with E-state index in [0.29, 0.717) is 5.56 Å². The van der Waals surface area contributed by atoms with E-state index in [-0.39, 0.29) is 24.6 Å². The molecular weight excluding hydrogens is 340 g/mol. The summed E-state index contributed by atoms with van der Waals surface area (Å²) in [6.07, 6.45) is -0.467. The van der Waals surface area contributed by atoms with E-state index in [1.54, 1.807) is 20.8 Å². The van der Waals surface area contributed by atoms with E-state index in [4.69, 9.17) is 4.74 Å². The van der Waals surface area contributed by atoms with Crippen LogP contribution >= 0.6 is 0 Å².